The van der Waals surface area contributed by atoms with Crippen LogP contribution in [0.25, 0.3) is 10.4 Å². The molecule has 20 heavy (non-hydrogen) atoms. The molecule has 0 aliphatic carbocycles. The van der Waals surface area contributed by atoms with Gasteiger partial charge in [-0.05, 0) is 24.3 Å². The molecule has 0 radical (unpaired) electrons. The molecule has 2 heterocycles. The second-order valence-electron chi connectivity index (χ2n) is 4.57. The van der Waals surface area contributed by atoms with Gasteiger partial charge in [0.1, 0.15) is 6.23 Å². The average molecular weight is 281 g/mol. The third kappa shape index (κ3) is 3.08. The van der Waals surface area contributed by atoms with Crippen molar-refractivity contribution in [3.05, 3.63) is 43.5 Å². The quantitative estimate of drug-likeness (QED) is 0.451. The number of H-pyrrole nitrogens is 1. The maximum Gasteiger partial charge on any atom is 0.330 e. The second-order valence-corrected chi connectivity index (χ2v) is 4.57. The topological polar surface area (TPSA) is 133 Å². The number of aromatic nitrogens is 2. The van der Waals surface area contributed by atoms with E-state index in [0.717, 1.165) is 0 Å². The normalized spacial score (nSPS) is 25.4. The lowest BCUT2D eigenvalue weighted by molar-refractivity contribution is -0.0330. The SMILES string of the molecule is [N-]=[N+]=NCCC1C[C@@H](n2ccc(=O)[nH]c2=O)O[C@H]1CO. The Morgan fingerprint density at radius 3 is 3.05 bits per heavy atom. The zero-order valence-corrected chi connectivity index (χ0v) is 10.7. The summed E-state index contributed by atoms with van der Waals surface area (Å²) in [7, 11) is 0. The van der Waals surface area contributed by atoms with Crippen molar-refractivity contribution in [3.8, 4) is 0 Å². The van der Waals surface area contributed by atoms with Crippen LogP contribution in [0.15, 0.2) is 27.0 Å². The van der Waals surface area contributed by atoms with E-state index in [1.165, 1.54) is 16.8 Å². The summed E-state index contributed by atoms with van der Waals surface area (Å²) < 4.78 is 6.91. The van der Waals surface area contributed by atoms with Crippen LogP contribution in [0.4, 0.5) is 0 Å². The summed E-state index contributed by atoms with van der Waals surface area (Å²) in [4.78, 5) is 27.5. The maximum absolute atomic E-state index is 11.7. The van der Waals surface area contributed by atoms with Gasteiger partial charge in [0.05, 0.1) is 12.7 Å². The average Bonchev–Trinajstić information content (AvgIpc) is 2.82. The first-order valence-electron chi connectivity index (χ1n) is 6.24. The largest absolute Gasteiger partial charge is 0.394 e. The Balaban J connectivity index is 2.13. The molecule has 0 aromatic carbocycles. The molecule has 1 unspecified atom stereocenters. The molecule has 1 aliphatic heterocycles. The van der Waals surface area contributed by atoms with Gasteiger partial charge in [-0.2, -0.15) is 0 Å². The lowest BCUT2D eigenvalue weighted by Gasteiger charge is -2.14. The van der Waals surface area contributed by atoms with Crippen molar-refractivity contribution < 1.29 is 9.84 Å². The van der Waals surface area contributed by atoms with Crippen LogP contribution in [0.5, 0.6) is 0 Å². The summed E-state index contributed by atoms with van der Waals surface area (Å²) in [6.45, 7) is 0.143. The zero-order chi connectivity index (χ0) is 14.5. The first-order valence-corrected chi connectivity index (χ1v) is 6.24. The highest BCUT2D eigenvalue weighted by Gasteiger charge is 2.35. The molecule has 0 saturated carbocycles. The molecular weight excluding hydrogens is 266 g/mol. The molecule has 1 fully saturated rings. The highest BCUT2D eigenvalue weighted by molar-refractivity contribution is 4.88. The summed E-state index contributed by atoms with van der Waals surface area (Å²) in [5.41, 5.74) is 7.24. The van der Waals surface area contributed by atoms with E-state index in [0.29, 0.717) is 19.4 Å². The predicted molar refractivity (Wildman–Crippen MR) is 69.1 cm³/mol. The lowest BCUT2D eigenvalue weighted by atomic mass is 9.97. The minimum Gasteiger partial charge on any atom is -0.394 e. The summed E-state index contributed by atoms with van der Waals surface area (Å²) in [6.07, 6.45) is 1.51. The molecule has 3 atom stereocenters. The maximum atomic E-state index is 11.7. The molecular formula is C11H15N5O4. The fourth-order valence-corrected chi connectivity index (χ4v) is 2.38. The van der Waals surface area contributed by atoms with Crippen molar-refractivity contribution in [2.75, 3.05) is 13.2 Å². The van der Waals surface area contributed by atoms with E-state index in [1.54, 1.807) is 0 Å². The fraction of sp³-hybridized carbons (Fsp3) is 0.636. The van der Waals surface area contributed by atoms with Gasteiger partial charge in [-0.3, -0.25) is 14.3 Å². The summed E-state index contributed by atoms with van der Waals surface area (Å²) in [5, 5.41) is 12.8. The van der Waals surface area contributed by atoms with Crippen LogP contribution < -0.4 is 11.2 Å². The van der Waals surface area contributed by atoms with E-state index < -0.39 is 23.6 Å². The first kappa shape index (κ1) is 14.3. The minimum absolute atomic E-state index is 0.00525. The standard InChI is InChI=1S/C11H15N5O4/c12-15-13-3-1-7-5-10(20-8(7)6-17)16-4-2-9(18)14-11(16)19/h2,4,7-8,10,17H,1,3,5-6H2,(H,14,18,19)/t7?,8-,10-/m0/s1. The van der Waals surface area contributed by atoms with Crippen molar-refractivity contribution in [2.45, 2.75) is 25.2 Å². The van der Waals surface area contributed by atoms with Crippen molar-refractivity contribution in [2.24, 2.45) is 11.0 Å². The molecule has 9 heteroatoms. The first-order chi connectivity index (χ1) is 9.65. The van der Waals surface area contributed by atoms with Gasteiger partial charge in [0.25, 0.3) is 5.56 Å². The van der Waals surface area contributed by atoms with Gasteiger partial charge in [-0.25, -0.2) is 4.79 Å². The van der Waals surface area contributed by atoms with Crippen molar-refractivity contribution in [3.63, 3.8) is 0 Å². The molecule has 9 nitrogen and oxygen atoms in total. The van der Waals surface area contributed by atoms with Crippen molar-refractivity contribution in [1.29, 1.82) is 0 Å². The number of hydrogen-bond donors (Lipinski definition) is 2. The molecule has 0 bridgehead atoms. The van der Waals surface area contributed by atoms with Gasteiger partial charge in [-0.1, -0.05) is 5.11 Å². The molecule has 2 N–H and O–H groups in total. The summed E-state index contributed by atoms with van der Waals surface area (Å²) in [5.74, 6) is -0.00525. The van der Waals surface area contributed by atoms with Gasteiger partial charge in [-0.15, -0.1) is 0 Å². The molecule has 0 amide bonds. The molecule has 0 spiro atoms. The number of nitrogens with zero attached hydrogens (tertiary/aromatic N) is 4. The number of aliphatic hydroxyl groups excluding tert-OH is 1. The Morgan fingerprint density at radius 1 is 1.60 bits per heavy atom. The van der Waals surface area contributed by atoms with E-state index in [2.05, 4.69) is 15.0 Å². The van der Waals surface area contributed by atoms with E-state index in [4.69, 9.17) is 10.3 Å². The van der Waals surface area contributed by atoms with Crippen LogP contribution in [0.2, 0.25) is 0 Å². The number of azide groups is 1. The van der Waals surface area contributed by atoms with Crippen molar-refractivity contribution >= 4 is 0 Å². The minimum atomic E-state index is -0.546. The number of hydrogen-bond acceptors (Lipinski definition) is 5. The zero-order valence-electron chi connectivity index (χ0n) is 10.7. The molecule has 1 aromatic rings. The Labute approximate surface area is 113 Å². The van der Waals surface area contributed by atoms with Gasteiger partial charge in [0.15, 0.2) is 0 Å². The molecule has 2 rings (SSSR count). The molecule has 108 valence electrons. The van der Waals surface area contributed by atoms with Crippen molar-refractivity contribution in [1.82, 2.24) is 9.55 Å². The van der Waals surface area contributed by atoms with Crippen LogP contribution in [-0.4, -0.2) is 33.9 Å². The van der Waals surface area contributed by atoms with Gasteiger partial charge in [0, 0.05) is 23.7 Å². The Morgan fingerprint density at radius 2 is 2.40 bits per heavy atom. The Bertz CT molecular complexity index is 618. The van der Waals surface area contributed by atoms with E-state index >= 15 is 0 Å². The van der Waals surface area contributed by atoms with Crippen LogP contribution in [0.3, 0.4) is 0 Å². The summed E-state index contributed by atoms with van der Waals surface area (Å²) in [6, 6.07) is 1.24. The smallest absolute Gasteiger partial charge is 0.330 e. The van der Waals surface area contributed by atoms with E-state index in [1.807, 2.05) is 0 Å². The third-order valence-corrected chi connectivity index (χ3v) is 3.37. The van der Waals surface area contributed by atoms with Crippen LogP contribution in [0, 0.1) is 5.92 Å². The van der Waals surface area contributed by atoms with Crippen LogP contribution >= 0.6 is 0 Å². The number of aromatic amines is 1. The van der Waals surface area contributed by atoms with E-state index in [-0.39, 0.29) is 12.5 Å². The summed E-state index contributed by atoms with van der Waals surface area (Å²) >= 11 is 0. The number of rotatable bonds is 5. The van der Waals surface area contributed by atoms with Gasteiger partial charge >= 0.3 is 5.69 Å². The Hall–Kier alpha value is -2.09. The second kappa shape index (κ2) is 6.38. The fourth-order valence-electron chi connectivity index (χ4n) is 2.38. The third-order valence-electron chi connectivity index (χ3n) is 3.37. The lowest BCUT2D eigenvalue weighted by Crippen LogP contribution is -2.31. The van der Waals surface area contributed by atoms with Crippen LogP contribution in [-0.2, 0) is 4.74 Å². The number of ether oxygens (including phenoxy) is 1. The van der Waals surface area contributed by atoms with Gasteiger partial charge < -0.3 is 9.84 Å². The molecule has 1 aromatic heterocycles. The van der Waals surface area contributed by atoms with E-state index in [9.17, 15) is 14.7 Å². The number of nitrogens with one attached hydrogen (secondary N) is 1. The molecule has 1 saturated heterocycles. The predicted octanol–water partition coefficient (Wildman–Crippen LogP) is 0.133. The molecule has 1 aliphatic rings. The number of aliphatic hydroxyl groups is 1. The van der Waals surface area contributed by atoms with Crippen LogP contribution in [0.1, 0.15) is 19.1 Å². The Kier molecular flexibility index (Phi) is 4.57. The monoisotopic (exact) mass is 281 g/mol. The van der Waals surface area contributed by atoms with Gasteiger partial charge in [0.2, 0.25) is 0 Å². The highest BCUT2D eigenvalue weighted by atomic mass is 16.5. The highest BCUT2D eigenvalue weighted by Crippen LogP contribution is 2.34.